The van der Waals surface area contributed by atoms with Crippen molar-refractivity contribution < 1.29 is 9.84 Å². The van der Waals surface area contributed by atoms with Gasteiger partial charge >= 0.3 is 0 Å². The first-order valence-corrected chi connectivity index (χ1v) is 6.99. The fraction of sp³-hybridized carbons (Fsp3) is 0.294. The molecule has 0 saturated heterocycles. The summed E-state index contributed by atoms with van der Waals surface area (Å²) >= 11 is 6.22. The van der Waals surface area contributed by atoms with E-state index < -0.39 is 6.10 Å². The summed E-state index contributed by atoms with van der Waals surface area (Å²) in [6, 6.07) is 9.48. The van der Waals surface area contributed by atoms with E-state index >= 15 is 0 Å². The number of benzene rings is 2. The second-order valence-corrected chi connectivity index (χ2v) is 5.58. The van der Waals surface area contributed by atoms with E-state index in [1.807, 2.05) is 26.0 Å². The van der Waals surface area contributed by atoms with Crippen LogP contribution in [-0.2, 0) is 0 Å². The minimum absolute atomic E-state index is 0.502. The Morgan fingerprint density at radius 2 is 1.75 bits per heavy atom. The quantitative estimate of drug-likeness (QED) is 0.851. The average Bonchev–Trinajstić information content (AvgIpc) is 2.37. The molecule has 0 aliphatic carbocycles. The van der Waals surface area contributed by atoms with E-state index in [-0.39, 0.29) is 0 Å². The van der Waals surface area contributed by atoms with Crippen molar-refractivity contribution in [2.75, 3.05) is 0 Å². The van der Waals surface area contributed by atoms with Gasteiger partial charge in [-0.2, -0.15) is 0 Å². The number of aliphatic hydroxyl groups is 1. The Hall–Kier alpha value is -1.51. The summed E-state index contributed by atoms with van der Waals surface area (Å²) < 4.78 is 5.92. The molecule has 0 aromatic heterocycles. The lowest BCUT2D eigenvalue weighted by Gasteiger charge is -2.14. The van der Waals surface area contributed by atoms with Gasteiger partial charge in [0.05, 0.1) is 11.1 Å². The van der Waals surface area contributed by atoms with Crippen LogP contribution in [0.4, 0.5) is 0 Å². The lowest BCUT2D eigenvalue weighted by atomic mass is 10.1. The van der Waals surface area contributed by atoms with Crippen LogP contribution in [0, 0.1) is 20.8 Å². The molecule has 2 nitrogen and oxygen atoms in total. The van der Waals surface area contributed by atoms with Crippen molar-refractivity contribution in [1.29, 1.82) is 0 Å². The Kier molecular flexibility index (Phi) is 4.36. The van der Waals surface area contributed by atoms with E-state index in [1.165, 1.54) is 5.56 Å². The molecular weight excluding hydrogens is 272 g/mol. The minimum Gasteiger partial charge on any atom is -0.456 e. The molecule has 1 N–H and O–H groups in total. The maximum absolute atomic E-state index is 9.55. The first-order valence-electron chi connectivity index (χ1n) is 6.61. The van der Waals surface area contributed by atoms with Crippen molar-refractivity contribution in [2.45, 2.75) is 33.8 Å². The highest BCUT2D eigenvalue weighted by atomic mass is 35.5. The average molecular weight is 291 g/mol. The molecule has 0 fully saturated rings. The number of ether oxygens (including phenoxy) is 1. The number of halogens is 1. The molecule has 0 unspecified atom stereocenters. The van der Waals surface area contributed by atoms with Gasteiger partial charge in [-0.05, 0) is 68.1 Å². The van der Waals surface area contributed by atoms with Gasteiger partial charge in [-0.15, -0.1) is 0 Å². The van der Waals surface area contributed by atoms with Crippen molar-refractivity contribution in [3.05, 3.63) is 57.6 Å². The van der Waals surface area contributed by atoms with Crippen molar-refractivity contribution in [3.63, 3.8) is 0 Å². The predicted molar refractivity (Wildman–Crippen MR) is 82.8 cm³/mol. The Labute approximate surface area is 125 Å². The first-order chi connectivity index (χ1) is 9.38. The molecule has 106 valence electrons. The molecule has 0 aliphatic rings. The topological polar surface area (TPSA) is 29.5 Å². The van der Waals surface area contributed by atoms with E-state index in [0.717, 1.165) is 22.4 Å². The lowest BCUT2D eigenvalue weighted by molar-refractivity contribution is 0.199. The second-order valence-electron chi connectivity index (χ2n) is 5.17. The van der Waals surface area contributed by atoms with Crippen LogP contribution >= 0.6 is 11.6 Å². The maximum Gasteiger partial charge on any atom is 0.146 e. The molecule has 0 heterocycles. The monoisotopic (exact) mass is 290 g/mol. The zero-order valence-electron chi connectivity index (χ0n) is 12.2. The van der Waals surface area contributed by atoms with Gasteiger partial charge in [0.15, 0.2) is 0 Å². The third kappa shape index (κ3) is 3.14. The number of aliphatic hydroxyl groups excluding tert-OH is 1. The van der Waals surface area contributed by atoms with Crippen LogP contribution in [0.5, 0.6) is 11.5 Å². The molecule has 0 saturated carbocycles. The molecule has 1 atom stereocenters. The van der Waals surface area contributed by atoms with Gasteiger partial charge in [0.25, 0.3) is 0 Å². The van der Waals surface area contributed by atoms with E-state index in [2.05, 4.69) is 13.0 Å². The normalized spacial score (nSPS) is 12.3. The van der Waals surface area contributed by atoms with Crippen LogP contribution in [0.2, 0.25) is 5.02 Å². The van der Waals surface area contributed by atoms with E-state index in [0.29, 0.717) is 10.8 Å². The third-order valence-electron chi connectivity index (χ3n) is 3.42. The van der Waals surface area contributed by atoms with Crippen LogP contribution in [0.1, 0.15) is 35.3 Å². The molecule has 2 rings (SSSR count). The summed E-state index contributed by atoms with van der Waals surface area (Å²) in [5.74, 6) is 1.42. The van der Waals surface area contributed by atoms with Crippen LogP contribution in [-0.4, -0.2) is 5.11 Å². The fourth-order valence-corrected chi connectivity index (χ4v) is 2.31. The van der Waals surface area contributed by atoms with Gasteiger partial charge in [0.1, 0.15) is 11.5 Å². The summed E-state index contributed by atoms with van der Waals surface area (Å²) in [5, 5.41) is 10.0. The number of hydrogen-bond donors (Lipinski definition) is 1. The van der Waals surface area contributed by atoms with Crippen LogP contribution in [0.25, 0.3) is 0 Å². The summed E-state index contributed by atoms with van der Waals surface area (Å²) in [6.45, 7) is 7.84. The van der Waals surface area contributed by atoms with Gasteiger partial charge in [-0.3, -0.25) is 0 Å². The van der Waals surface area contributed by atoms with E-state index in [1.54, 1.807) is 19.1 Å². The summed E-state index contributed by atoms with van der Waals surface area (Å²) in [6.07, 6.45) is -0.537. The second kappa shape index (κ2) is 5.86. The Balaban J connectivity index is 2.35. The molecule has 3 heteroatoms. The number of hydrogen-bond acceptors (Lipinski definition) is 2. The first kappa shape index (κ1) is 14.9. The van der Waals surface area contributed by atoms with Gasteiger partial charge in [0.2, 0.25) is 0 Å². The van der Waals surface area contributed by atoms with Crippen molar-refractivity contribution >= 4 is 11.6 Å². The largest absolute Gasteiger partial charge is 0.456 e. The molecule has 0 bridgehead atoms. The molecule has 0 aliphatic heterocycles. The maximum atomic E-state index is 9.55. The van der Waals surface area contributed by atoms with Gasteiger partial charge in [-0.25, -0.2) is 0 Å². The highest BCUT2D eigenvalue weighted by Gasteiger charge is 2.10. The SMILES string of the molecule is Cc1cc(C)c(C)c(Oc2ccc([C@H](C)O)cc2Cl)c1. The standard InChI is InChI=1S/C17H19ClO2/c1-10-7-11(2)12(3)17(8-10)20-16-6-5-14(13(4)19)9-15(16)18/h5-9,13,19H,1-4H3/t13-/m0/s1. The smallest absolute Gasteiger partial charge is 0.146 e. The summed E-state index contributed by atoms with van der Waals surface area (Å²) in [5.41, 5.74) is 4.22. The minimum atomic E-state index is -0.537. The number of rotatable bonds is 3. The third-order valence-corrected chi connectivity index (χ3v) is 3.72. The molecule has 20 heavy (non-hydrogen) atoms. The lowest BCUT2D eigenvalue weighted by Crippen LogP contribution is -1.94. The van der Waals surface area contributed by atoms with Gasteiger partial charge < -0.3 is 9.84 Å². The molecular formula is C17H19ClO2. The van der Waals surface area contributed by atoms with Crippen molar-refractivity contribution in [3.8, 4) is 11.5 Å². The van der Waals surface area contributed by atoms with Gasteiger partial charge in [-0.1, -0.05) is 23.7 Å². The van der Waals surface area contributed by atoms with E-state index in [4.69, 9.17) is 16.3 Å². The predicted octanol–water partition coefficient (Wildman–Crippen LogP) is 5.11. The summed E-state index contributed by atoms with van der Waals surface area (Å²) in [4.78, 5) is 0. The zero-order chi connectivity index (χ0) is 14.9. The zero-order valence-corrected chi connectivity index (χ0v) is 13.0. The summed E-state index contributed by atoms with van der Waals surface area (Å²) in [7, 11) is 0. The van der Waals surface area contributed by atoms with Crippen molar-refractivity contribution in [2.24, 2.45) is 0 Å². The molecule has 0 amide bonds. The Bertz CT molecular complexity index is 633. The molecule has 2 aromatic carbocycles. The molecule has 0 radical (unpaired) electrons. The van der Waals surface area contributed by atoms with E-state index in [9.17, 15) is 5.11 Å². The number of aryl methyl sites for hydroxylation is 2. The molecule has 0 spiro atoms. The van der Waals surface area contributed by atoms with Crippen LogP contribution < -0.4 is 4.74 Å². The van der Waals surface area contributed by atoms with Crippen LogP contribution in [0.15, 0.2) is 30.3 Å². The van der Waals surface area contributed by atoms with Crippen molar-refractivity contribution in [1.82, 2.24) is 0 Å². The van der Waals surface area contributed by atoms with Crippen LogP contribution in [0.3, 0.4) is 0 Å². The Morgan fingerprint density at radius 3 is 2.35 bits per heavy atom. The fourth-order valence-electron chi connectivity index (χ4n) is 2.08. The highest BCUT2D eigenvalue weighted by Crippen LogP contribution is 2.34. The van der Waals surface area contributed by atoms with Gasteiger partial charge in [0, 0.05) is 0 Å². The molecule has 2 aromatic rings. The Morgan fingerprint density at radius 1 is 1.05 bits per heavy atom. The highest BCUT2D eigenvalue weighted by molar-refractivity contribution is 6.32.